The van der Waals surface area contributed by atoms with Crippen LogP contribution in [0.15, 0.2) is 101 Å². The average molecular weight is 641 g/mol. The zero-order valence-corrected chi connectivity index (χ0v) is 25.4. The zero-order chi connectivity index (χ0) is 33.3. The molecule has 12 nitrogen and oxygen atoms in total. The number of imide groups is 2. The lowest BCUT2D eigenvalue weighted by atomic mass is 10.1. The molecule has 2 saturated heterocycles. The van der Waals surface area contributed by atoms with Crippen LogP contribution in [0.25, 0.3) is 0 Å². The van der Waals surface area contributed by atoms with Crippen molar-refractivity contribution in [2.75, 3.05) is 13.1 Å². The molecule has 0 aliphatic carbocycles. The predicted octanol–water partition coefficient (Wildman–Crippen LogP) is 3.60. The molecule has 47 heavy (non-hydrogen) atoms. The molecule has 2 aromatic carbocycles. The summed E-state index contributed by atoms with van der Waals surface area (Å²) >= 11 is 0. The normalized spacial score (nSPS) is 15.1. The molecule has 0 radical (unpaired) electrons. The molecule has 2 aliphatic heterocycles. The van der Waals surface area contributed by atoms with Gasteiger partial charge in [0.1, 0.15) is 5.82 Å². The molecule has 2 aliphatic rings. The third-order valence-corrected chi connectivity index (χ3v) is 7.73. The maximum absolute atomic E-state index is 13.3. The molecule has 0 saturated carbocycles. The molecule has 0 atom stereocenters. The number of urea groups is 2. The molecule has 4 aromatic rings. The summed E-state index contributed by atoms with van der Waals surface area (Å²) in [7, 11) is 0. The number of nitrogens with one attached hydrogen (secondary N) is 2. The van der Waals surface area contributed by atoms with Crippen molar-refractivity contribution < 1.29 is 23.6 Å². The SMILES string of the molecule is O=C1CCN(Cc2cccc(F)c2)C(=O)N1Cc1ccc[nH]c1=O.O=C1CCN(Cc2ccccc2)C(=O)N1Cc1ccc[nH]c1=O. The third-order valence-electron chi connectivity index (χ3n) is 7.73. The standard InChI is InChI=1S/C17H16FN3O3.C17H17N3O3/c18-14-5-1-3-12(9-14)10-20-8-6-15(22)21(17(20)24)11-13-4-2-7-19-16(13)23;21-15-8-10-19(11-13-5-2-1-3-6-13)17(23)20(15)12-14-7-4-9-18-16(14)22/h1-5,7,9H,6,8,10-11H2,(H,19,23);1-7,9H,8,10-12H2,(H,18,22). The number of carbonyl (C=O) groups is 4. The van der Waals surface area contributed by atoms with Crippen LogP contribution in [0, 0.1) is 5.82 Å². The number of H-pyrrole nitrogens is 2. The second kappa shape index (κ2) is 15.0. The number of hydrogen-bond acceptors (Lipinski definition) is 6. The van der Waals surface area contributed by atoms with Crippen LogP contribution in [-0.4, -0.2) is 66.5 Å². The van der Waals surface area contributed by atoms with Gasteiger partial charge in [0.05, 0.1) is 13.1 Å². The molecule has 2 N–H and O–H groups in total. The smallest absolute Gasteiger partial charge is 0.327 e. The van der Waals surface area contributed by atoms with Crippen molar-refractivity contribution in [1.29, 1.82) is 0 Å². The number of carbonyl (C=O) groups excluding carboxylic acids is 4. The lowest BCUT2D eigenvalue weighted by Gasteiger charge is -2.34. The van der Waals surface area contributed by atoms with Crippen LogP contribution in [-0.2, 0) is 35.8 Å². The largest absolute Gasteiger partial charge is 0.329 e. The Bertz CT molecular complexity index is 1880. The minimum atomic E-state index is -0.473. The fraction of sp³-hybridized carbons (Fsp3) is 0.235. The van der Waals surface area contributed by atoms with Crippen molar-refractivity contribution in [2.24, 2.45) is 0 Å². The molecule has 6 rings (SSSR count). The molecule has 2 fully saturated rings. The van der Waals surface area contributed by atoms with Crippen molar-refractivity contribution in [3.05, 3.63) is 140 Å². The Kier molecular flexibility index (Phi) is 10.4. The first kappa shape index (κ1) is 32.5. The maximum Gasteiger partial charge on any atom is 0.327 e. The molecule has 0 unspecified atom stereocenters. The Morgan fingerprint density at radius 3 is 1.53 bits per heavy atom. The van der Waals surface area contributed by atoms with E-state index in [1.165, 1.54) is 29.4 Å². The first-order valence-electron chi connectivity index (χ1n) is 15.0. The number of hydrogen-bond donors (Lipinski definition) is 2. The molecule has 2 aromatic heterocycles. The van der Waals surface area contributed by atoms with Crippen molar-refractivity contribution in [3.8, 4) is 0 Å². The van der Waals surface area contributed by atoms with Crippen molar-refractivity contribution in [1.82, 2.24) is 29.6 Å². The van der Waals surface area contributed by atoms with Gasteiger partial charge in [0.2, 0.25) is 11.8 Å². The predicted molar refractivity (Wildman–Crippen MR) is 169 cm³/mol. The second-order valence-electron chi connectivity index (χ2n) is 11.0. The Labute approximate surface area is 269 Å². The summed E-state index contributed by atoms with van der Waals surface area (Å²) in [6.45, 7) is 1.26. The van der Waals surface area contributed by atoms with Crippen molar-refractivity contribution >= 4 is 23.9 Å². The number of halogens is 1. The molecular weight excluding hydrogens is 607 g/mol. The molecule has 242 valence electrons. The summed E-state index contributed by atoms with van der Waals surface area (Å²) in [5.41, 5.74) is 1.78. The highest BCUT2D eigenvalue weighted by molar-refractivity contribution is 5.97. The van der Waals surface area contributed by atoms with Gasteiger partial charge >= 0.3 is 12.1 Å². The third kappa shape index (κ3) is 8.25. The number of nitrogens with zero attached hydrogens (tertiary/aromatic N) is 4. The highest BCUT2D eigenvalue weighted by Crippen LogP contribution is 2.18. The summed E-state index contributed by atoms with van der Waals surface area (Å²) in [6, 6.07) is 21.3. The lowest BCUT2D eigenvalue weighted by molar-refractivity contribution is -0.132. The van der Waals surface area contributed by atoms with Crippen LogP contribution in [0.4, 0.5) is 14.0 Å². The molecule has 4 heterocycles. The number of pyridine rings is 2. The molecule has 0 spiro atoms. The maximum atomic E-state index is 13.3. The van der Waals surface area contributed by atoms with Crippen molar-refractivity contribution in [2.45, 2.75) is 39.0 Å². The van der Waals surface area contributed by atoms with Crippen LogP contribution in [0.2, 0.25) is 0 Å². The first-order valence-corrected chi connectivity index (χ1v) is 15.0. The van der Waals surface area contributed by atoms with E-state index in [1.54, 1.807) is 41.3 Å². The molecule has 13 heteroatoms. The number of benzene rings is 2. The Morgan fingerprint density at radius 1 is 0.553 bits per heavy atom. The van der Waals surface area contributed by atoms with E-state index in [2.05, 4.69) is 9.97 Å². The summed E-state index contributed by atoms with van der Waals surface area (Å²) in [4.78, 5) is 83.2. The average Bonchev–Trinajstić information content (AvgIpc) is 3.06. The second-order valence-corrected chi connectivity index (χ2v) is 11.0. The van der Waals surface area contributed by atoms with Gasteiger partial charge < -0.3 is 19.8 Å². The quantitative estimate of drug-likeness (QED) is 0.301. The van der Waals surface area contributed by atoms with E-state index in [0.717, 1.165) is 15.4 Å². The summed E-state index contributed by atoms with van der Waals surface area (Å²) < 4.78 is 13.3. The van der Waals surface area contributed by atoms with E-state index in [1.807, 2.05) is 30.3 Å². The number of aromatic nitrogens is 2. The van der Waals surface area contributed by atoms with Crippen LogP contribution in [0.3, 0.4) is 0 Å². The van der Waals surface area contributed by atoms with Gasteiger partial charge in [-0.15, -0.1) is 0 Å². The lowest BCUT2D eigenvalue weighted by Crippen LogP contribution is -2.51. The van der Waals surface area contributed by atoms with Gasteiger partial charge in [-0.1, -0.05) is 54.6 Å². The van der Waals surface area contributed by atoms with Gasteiger partial charge in [0, 0.05) is 62.5 Å². The highest BCUT2D eigenvalue weighted by Gasteiger charge is 2.33. The van der Waals surface area contributed by atoms with Gasteiger partial charge in [0.15, 0.2) is 0 Å². The summed E-state index contributed by atoms with van der Waals surface area (Å²) in [6.07, 6.45) is 3.45. The van der Waals surface area contributed by atoms with Crippen molar-refractivity contribution in [3.63, 3.8) is 0 Å². The van der Waals surface area contributed by atoms with Gasteiger partial charge in [-0.3, -0.25) is 29.0 Å². The number of rotatable bonds is 8. The van der Waals surface area contributed by atoms with Gasteiger partial charge in [0.25, 0.3) is 11.1 Å². The van der Waals surface area contributed by atoms with E-state index >= 15 is 0 Å². The van der Waals surface area contributed by atoms with E-state index in [4.69, 9.17) is 0 Å². The fourth-order valence-corrected chi connectivity index (χ4v) is 5.24. The van der Waals surface area contributed by atoms with E-state index in [-0.39, 0.29) is 73.8 Å². The van der Waals surface area contributed by atoms with Crippen LogP contribution in [0.5, 0.6) is 0 Å². The van der Waals surface area contributed by atoms with Gasteiger partial charge in [-0.2, -0.15) is 0 Å². The van der Waals surface area contributed by atoms with E-state index in [0.29, 0.717) is 29.8 Å². The monoisotopic (exact) mass is 640 g/mol. The van der Waals surface area contributed by atoms with Crippen LogP contribution in [0.1, 0.15) is 35.1 Å². The van der Waals surface area contributed by atoms with E-state index < -0.39 is 6.03 Å². The molecule has 6 amide bonds. The van der Waals surface area contributed by atoms with Gasteiger partial charge in [-0.05, 0) is 35.4 Å². The van der Waals surface area contributed by atoms with Crippen LogP contribution >= 0.6 is 0 Å². The zero-order valence-electron chi connectivity index (χ0n) is 25.4. The van der Waals surface area contributed by atoms with Gasteiger partial charge in [-0.25, -0.2) is 14.0 Å². The Morgan fingerprint density at radius 2 is 1.04 bits per heavy atom. The summed E-state index contributed by atoms with van der Waals surface area (Å²) in [5.74, 6) is -0.943. The molecular formula is C34H33FN6O6. The molecule has 0 bridgehead atoms. The Hall–Kier alpha value is -5.85. The summed E-state index contributed by atoms with van der Waals surface area (Å²) in [5, 5.41) is 0. The minimum absolute atomic E-state index is 0.000863. The first-order chi connectivity index (χ1) is 22.7. The fourth-order valence-electron chi connectivity index (χ4n) is 5.24. The highest BCUT2D eigenvalue weighted by atomic mass is 19.1. The van der Waals surface area contributed by atoms with E-state index in [9.17, 15) is 33.2 Å². The topological polar surface area (TPSA) is 147 Å². The number of aromatic amines is 2. The number of amides is 6. The van der Waals surface area contributed by atoms with Crippen LogP contribution < -0.4 is 11.1 Å². The minimum Gasteiger partial charge on any atom is -0.329 e. The Balaban J connectivity index is 0.000000185.